The van der Waals surface area contributed by atoms with Crippen molar-refractivity contribution in [1.82, 2.24) is 4.98 Å². The molecule has 1 aromatic rings. The Hall–Kier alpha value is -0.945. The molecule has 0 spiro atoms. The van der Waals surface area contributed by atoms with Gasteiger partial charge in [-0.25, -0.2) is 0 Å². The lowest BCUT2D eigenvalue weighted by molar-refractivity contribution is -0.131. The molecule has 130 valence electrons. The monoisotopic (exact) mass is 323 g/mol. The van der Waals surface area contributed by atoms with Gasteiger partial charge in [0, 0.05) is 12.4 Å². The van der Waals surface area contributed by atoms with E-state index in [2.05, 4.69) is 4.98 Å². The summed E-state index contributed by atoms with van der Waals surface area (Å²) in [5, 5.41) is 20.7. The summed E-state index contributed by atoms with van der Waals surface area (Å²) in [4.78, 5) is 4.01. The van der Waals surface area contributed by atoms with E-state index in [0.29, 0.717) is 0 Å². The molecule has 0 aliphatic rings. The summed E-state index contributed by atoms with van der Waals surface area (Å²) < 4.78 is 12.2. The summed E-state index contributed by atoms with van der Waals surface area (Å²) >= 11 is 0. The number of pyridine rings is 1. The molecule has 0 fully saturated rings. The summed E-state index contributed by atoms with van der Waals surface area (Å²) in [5.74, 6) is 0. The van der Waals surface area contributed by atoms with Gasteiger partial charge in [-0.1, -0.05) is 0 Å². The van der Waals surface area contributed by atoms with Crippen LogP contribution < -0.4 is 5.46 Å². The van der Waals surface area contributed by atoms with Crippen LogP contribution in [0.1, 0.15) is 55.4 Å². The molecular formula is C17H30BNO4. The Morgan fingerprint density at radius 3 is 1.43 bits per heavy atom. The van der Waals surface area contributed by atoms with Gasteiger partial charge in [0.1, 0.15) is 0 Å². The number of aliphatic hydroxyl groups is 2. The van der Waals surface area contributed by atoms with Gasteiger partial charge in [-0.2, -0.15) is 0 Å². The first-order chi connectivity index (χ1) is 10.2. The van der Waals surface area contributed by atoms with Crippen LogP contribution in [0.2, 0.25) is 0 Å². The number of nitrogens with zero attached hydrogens (tertiary/aromatic N) is 1. The maximum absolute atomic E-state index is 10.4. The molecule has 1 aromatic heterocycles. The fraction of sp³-hybridized carbons (Fsp3) is 0.706. The minimum absolute atomic E-state index is 0.749. The van der Waals surface area contributed by atoms with Crippen LogP contribution in [0.3, 0.4) is 0 Å². The Bertz CT molecular complexity index is 476. The first-order valence-corrected chi connectivity index (χ1v) is 7.88. The van der Waals surface area contributed by atoms with Gasteiger partial charge in [0.25, 0.3) is 0 Å². The summed E-state index contributed by atoms with van der Waals surface area (Å²) in [6, 6.07) is 3.59. The van der Waals surface area contributed by atoms with Crippen LogP contribution in [-0.2, 0) is 9.31 Å². The molecule has 0 atom stereocenters. The lowest BCUT2D eigenvalue weighted by Crippen LogP contribution is -2.58. The van der Waals surface area contributed by atoms with Crippen LogP contribution >= 0.6 is 0 Å². The third-order valence-electron chi connectivity index (χ3n) is 4.73. The number of hydrogen-bond donors (Lipinski definition) is 2. The molecule has 0 radical (unpaired) electrons. The fourth-order valence-corrected chi connectivity index (χ4v) is 1.50. The Balaban J connectivity index is 3.15. The van der Waals surface area contributed by atoms with E-state index in [1.54, 1.807) is 52.2 Å². The van der Waals surface area contributed by atoms with E-state index in [0.717, 1.165) is 5.46 Å². The molecule has 6 heteroatoms. The highest BCUT2D eigenvalue weighted by molar-refractivity contribution is 6.61. The summed E-state index contributed by atoms with van der Waals surface area (Å²) in [7, 11) is -0.749. The second kappa shape index (κ2) is 6.51. The zero-order chi connectivity index (χ0) is 18.1. The number of aromatic nitrogens is 1. The number of hydrogen-bond acceptors (Lipinski definition) is 5. The first-order valence-electron chi connectivity index (χ1n) is 7.88. The highest BCUT2D eigenvalue weighted by Gasteiger charge is 2.45. The smallest absolute Gasteiger partial charge is 0.399 e. The number of rotatable bonds is 7. The van der Waals surface area contributed by atoms with E-state index in [-0.39, 0.29) is 0 Å². The van der Waals surface area contributed by atoms with Gasteiger partial charge in [0.2, 0.25) is 0 Å². The first kappa shape index (κ1) is 20.1. The van der Waals surface area contributed by atoms with Gasteiger partial charge in [0.15, 0.2) is 0 Å². The molecule has 0 aliphatic heterocycles. The van der Waals surface area contributed by atoms with Gasteiger partial charge in [-0.3, -0.25) is 4.98 Å². The van der Waals surface area contributed by atoms with Gasteiger partial charge < -0.3 is 19.5 Å². The molecule has 23 heavy (non-hydrogen) atoms. The molecule has 0 saturated carbocycles. The predicted molar refractivity (Wildman–Crippen MR) is 92.5 cm³/mol. The van der Waals surface area contributed by atoms with Crippen molar-refractivity contribution in [2.24, 2.45) is 0 Å². The van der Waals surface area contributed by atoms with Crippen molar-refractivity contribution in [3.05, 3.63) is 24.5 Å². The van der Waals surface area contributed by atoms with Crippen LogP contribution in [0, 0.1) is 0 Å². The van der Waals surface area contributed by atoms with E-state index >= 15 is 0 Å². The minimum Gasteiger partial charge on any atom is -0.399 e. The maximum atomic E-state index is 10.4. The molecule has 5 nitrogen and oxygen atoms in total. The van der Waals surface area contributed by atoms with Crippen molar-refractivity contribution in [3.8, 4) is 0 Å². The predicted octanol–water partition coefficient (Wildman–Crippen LogP) is 1.91. The second-order valence-electron chi connectivity index (χ2n) is 7.99. The molecule has 1 rings (SSSR count). The van der Waals surface area contributed by atoms with Crippen molar-refractivity contribution in [2.75, 3.05) is 0 Å². The Labute approximate surface area is 140 Å². The van der Waals surface area contributed by atoms with E-state index in [1.807, 2.05) is 27.7 Å². The van der Waals surface area contributed by atoms with Crippen molar-refractivity contribution >= 4 is 12.6 Å². The van der Waals surface area contributed by atoms with Crippen molar-refractivity contribution in [3.63, 3.8) is 0 Å². The van der Waals surface area contributed by atoms with Crippen molar-refractivity contribution in [1.29, 1.82) is 0 Å². The summed E-state index contributed by atoms with van der Waals surface area (Å²) in [6.07, 6.45) is 3.31. The van der Waals surface area contributed by atoms with E-state index in [4.69, 9.17) is 9.31 Å². The minimum atomic E-state index is -1.07. The van der Waals surface area contributed by atoms with Gasteiger partial charge in [0.05, 0.1) is 22.4 Å². The SMILES string of the molecule is CC(C)(O)C(C)(C)OB(OC(C)(C)C(C)(C)O)c1ccncc1. The lowest BCUT2D eigenvalue weighted by atomic mass is 9.74. The molecule has 0 amide bonds. The van der Waals surface area contributed by atoms with Gasteiger partial charge in [-0.05, 0) is 73.0 Å². The van der Waals surface area contributed by atoms with E-state index < -0.39 is 29.5 Å². The molecule has 0 unspecified atom stereocenters. The highest BCUT2D eigenvalue weighted by Crippen LogP contribution is 2.30. The molecule has 0 aromatic carbocycles. The Kier molecular flexibility index (Phi) is 5.69. The zero-order valence-electron chi connectivity index (χ0n) is 15.5. The molecular weight excluding hydrogens is 293 g/mol. The van der Waals surface area contributed by atoms with Gasteiger partial charge in [-0.15, -0.1) is 0 Å². The molecule has 2 N–H and O–H groups in total. The van der Waals surface area contributed by atoms with Crippen LogP contribution in [0.5, 0.6) is 0 Å². The Morgan fingerprint density at radius 2 is 1.13 bits per heavy atom. The van der Waals surface area contributed by atoms with Crippen LogP contribution in [0.25, 0.3) is 0 Å². The topological polar surface area (TPSA) is 71.8 Å². The zero-order valence-corrected chi connectivity index (χ0v) is 15.5. The molecule has 1 heterocycles. The summed E-state index contributed by atoms with van der Waals surface area (Å²) in [5.41, 5.74) is -3.09. The highest BCUT2D eigenvalue weighted by atomic mass is 16.6. The third-order valence-corrected chi connectivity index (χ3v) is 4.73. The quantitative estimate of drug-likeness (QED) is 0.750. The second-order valence-corrected chi connectivity index (χ2v) is 7.99. The van der Waals surface area contributed by atoms with E-state index in [9.17, 15) is 10.2 Å². The fourth-order valence-electron chi connectivity index (χ4n) is 1.50. The average Bonchev–Trinajstić information content (AvgIpc) is 2.35. The van der Waals surface area contributed by atoms with Crippen molar-refractivity contribution in [2.45, 2.75) is 77.8 Å². The van der Waals surface area contributed by atoms with Crippen LogP contribution in [0.15, 0.2) is 24.5 Å². The van der Waals surface area contributed by atoms with Crippen molar-refractivity contribution < 1.29 is 19.5 Å². The van der Waals surface area contributed by atoms with Crippen LogP contribution in [0.4, 0.5) is 0 Å². The molecule has 0 aliphatic carbocycles. The Morgan fingerprint density at radius 1 is 0.783 bits per heavy atom. The van der Waals surface area contributed by atoms with Crippen LogP contribution in [-0.4, -0.2) is 44.7 Å². The average molecular weight is 323 g/mol. The summed E-state index contributed by atoms with van der Waals surface area (Å²) in [6.45, 7) is 14.0. The van der Waals surface area contributed by atoms with Gasteiger partial charge >= 0.3 is 7.12 Å². The lowest BCUT2D eigenvalue weighted by Gasteiger charge is -2.43. The van der Waals surface area contributed by atoms with E-state index in [1.165, 1.54) is 0 Å². The molecule has 0 saturated heterocycles. The standard InChI is InChI=1S/C17H30BNO4/c1-14(2,20)16(5,6)22-18(13-9-11-19-12-10-13)23-17(7,8)15(3,4)21/h9-12,20-21H,1-8H3. The normalized spacial score (nSPS) is 14.0. The molecule has 0 bridgehead atoms. The maximum Gasteiger partial charge on any atom is 0.494 e. The third kappa shape index (κ3) is 5.01. The largest absolute Gasteiger partial charge is 0.494 e.